The summed E-state index contributed by atoms with van der Waals surface area (Å²) in [5, 5.41) is 5.76. The lowest BCUT2D eigenvalue weighted by Crippen LogP contribution is -2.47. The molecule has 2 aromatic rings. The second-order valence-corrected chi connectivity index (χ2v) is 6.37. The number of anilines is 1. The van der Waals surface area contributed by atoms with Crippen molar-refractivity contribution < 1.29 is 14.3 Å². The molecule has 2 amide bonds. The van der Waals surface area contributed by atoms with Gasteiger partial charge in [0.1, 0.15) is 5.75 Å². The zero-order valence-electron chi connectivity index (χ0n) is 15.0. The van der Waals surface area contributed by atoms with E-state index in [1.165, 1.54) is 0 Å². The van der Waals surface area contributed by atoms with Gasteiger partial charge in [-0.05, 0) is 36.2 Å². The molecule has 0 unspecified atom stereocenters. The number of hydrogen-bond acceptors (Lipinski definition) is 4. The van der Waals surface area contributed by atoms with E-state index in [1.807, 2.05) is 43.3 Å². The lowest BCUT2D eigenvalue weighted by Gasteiger charge is -2.26. The zero-order chi connectivity index (χ0) is 18.5. The van der Waals surface area contributed by atoms with Crippen molar-refractivity contribution in [1.82, 2.24) is 10.2 Å². The van der Waals surface area contributed by atoms with Crippen LogP contribution >= 0.6 is 0 Å². The smallest absolute Gasteiger partial charge is 0.255 e. The highest BCUT2D eigenvalue weighted by Gasteiger charge is 2.17. The number of ether oxygens (including phenoxy) is 1. The van der Waals surface area contributed by atoms with E-state index in [0.29, 0.717) is 36.6 Å². The van der Waals surface area contributed by atoms with Gasteiger partial charge in [-0.1, -0.05) is 24.3 Å². The Bertz CT molecular complexity index is 820. The van der Waals surface area contributed by atoms with Crippen LogP contribution in [-0.4, -0.2) is 43.5 Å². The molecule has 26 heavy (non-hydrogen) atoms. The molecule has 0 aliphatic carbocycles. The predicted octanol–water partition coefficient (Wildman–Crippen LogP) is 2.19. The highest BCUT2D eigenvalue weighted by Crippen LogP contribution is 2.28. The summed E-state index contributed by atoms with van der Waals surface area (Å²) in [7, 11) is 1.58. The molecule has 1 aliphatic heterocycles. The standard InChI is InChI=1S/C20H23N3O3/c1-14-5-3-8-17(26-2)19(14)22-20(25)16-7-4-6-15(11-16)12-23-10-9-21-18(24)13-23/h3-8,11H,9-10,12-13H2,1-2H3,(H,21,24)(H,22,25). The number of rotatable bonds is 5. The number of carbonyl (C=O) groups is 2. The lowest BCUT2D eigenvalue weighted by molar-refractivity contribution is -0.124. The number of aryl methyl sites for hydroxylation is 1. The summed E-state index contributed by atoms with van der Waals surface area (Å²) in [6, 6.07) is 13.1. The molecule has 0 bridgehead atoms. The van der Waals surface area contributed by atoms with E-state index in [9.17, 15) is 9.59 Å². The fourth-order valence-electron chi connectivity index (χ4n) is 3.05. The summed E-state index contributed by atoms with van der Waals surface area (Å²) in [5.41, 5.74) is 3.20. The van der Waals surface area contributed by atoms with E-state index in [0.717, 1.165) is 17.7 Å². The van der Waals surface area contributed by atoms with Crippen LogP contribution < -0.4 is 15.4 Å². The number of piperazine rings is 1. The molecule has 6 nitrogen and oxygen atoms in total. The topological polar surface area (TPSA) is 70.7 Å². The maximum Gasteiger partial charge on any atom is 0.255 e. The van der Waals surface area contributed by atoms with E-state index >= 15 is 0 Å². The first-order chi connectivity index (χ1) is 12.6. The molecule has 0 aromatic heterocycles. The van der Waals surface area contributed by atoms with Gasteiger partial charge in [-0.3, -0.25) is 14.5 Å². The van der Waals surface area contributed by atoms with Crippen LogP contribution in [0.4, 0.5) is 5.69 Å². The number of hydrogen-bond donors (Lipinski definition) is 2. The Balaban J connectivity index is 1.73. The average molecular weight is 353 g/mol. The van der Waals surface area contributed by atoms with Crippen molar-refractivity contribution >= 4 is 17.5 Å². The van der Waals surface area contributed by atoms with Gasteiger partial charge in [0.25, 0.3) is 5.91 Å². The van der Waals surface area contributed by atoms with Gasteiger partial charge in [0.05, 0.1) is 19.3 Å². The third-order valence-electron chi connectivity index (χ3n) is 4.41. The molecule has 1 saturated heterocycles. The summed E-state index contributed by atoms with van der Waals surface area (Å²) in [6.45, 7) is 4.42. The highest BCUT2D eigenvalue weighted by atomic mass is 16.5. The van der Waals surface area contributed by atoms with Crippen LogP contribution in [0.25, 0.3) is 0 Å². The molecular formula is C20H23N3O3. The minimum atomic E-state index is -0.184. The number of nitrogens with one attached hydrogen (secondary N) is 2. The van der Waals surface area contributed by atoms with Gasteiger partial charge in [-0.15, -0.1) is 0 Å². The van der Waals surface area contributed by atoms with Gasteiger partial charge in [0.15, 0.2) is 0 Å². The Morgan fingerprint density at radius 2 is 2.08 bits per heavy atom. The monoisotopic (exact) mass is 353 g/mol. The van der Waals surface area contributed by atoms with E-state index < -0.39 is 0 Å². The van der Waals surface area contributed by atoms with Gasteiger partial charge in [-0.25, -0.2) is 0 Å². The van der Waals surface area contributed by atoms with Crippen molar-refractivity contribution in [2.24, 2.45) is 0 Å². The van der Waals surface area contributed by atoms with Crippen LogP contribution in [0.2, 0.25) is 0 Å². The molecule has 0 radical (unpaired) electrons. The molecule has 2 N–H and O–H groups in total. The number of nitrogens with zero attached hydrogens (tertiary/aromatic N) is 1. The van der Waals surface area contributed by atoms with Gasteiger partial charge < -0.3 is 15.4 Å². The van der Waals surface area contributed by atoms with E-state index in [1.54, 1.807) is 13.2 Å². The first kappa shape index (κ1) is 17.9. The molecular weight excluding hydrogens is 330 g/mol. The molecule has 1 heterocycles. The summed E-state index contributed by atoms with van der Waals surface area (Å²) < 4.78 is 5.34. The first-order valence-corrected chi connectivity index (χ1v) is 8.60. The summed E-state index contributed by atoms with van der Waals surface area (Å²) >= 11 is 0. The molecule has 1 aliphatic rings. The Morgan fingerprint density at radius 3 is 2.85 bits per heavy atom. The maximum atomic E-state index is 12.7. The summed E-state index contributed by atoms with van der Waals surface area (Å²) in [4.78, 5) is 26.3. The normalized spacial score (nSPS) is 14.6. The number of carbonyl (C=O) groups excluding carboxylic acids is 2. The third-order valence-corrected chi connectivity index (χ3v) is 4.41. The van der Waals surface area contributed by atoms with Gasteiger partial charge in [-0.2, -0.15) is 0 Å². The maximum absolute atomic E-state index is 12.7. The third kappa shape index (κ3) is 4.21. The second kappa shape index (κ2) is 8.01. The van der Waals surface area contributed by atoms with Crippen molar-refractivity contribution in [3.63, 3.8) is 0 Å². The largest absolute Gasteiger partial charge is 0.495 e. The molecule has 2 aromatic carbocycles. The van der Waals surface area contributed by atoms with Crippen molar-refractivity contribution in [1.29, 1.82) is 0 Å². The van der Waals surface area contributed by atoms with Gasteiger partial charge in [0, 0.05) is 25.2 Å². The van der Waals surface area contributed by atoms with Crippen LogP contribution in [0.3, 0.4) is 0 Å². The SMILES string of the molecule is COc1cccc(C)c1NC(=O)c1cccc(CN2CCNC(=O)C2)c1. The Labute approximate surface area is 153 Å². The van der Waals surface area contributed by atoms with E-state index in [-0.39, 0.29) is 11.8 Å². The van der Waals surface area contributed by atoms with Crippen molar-refractivity contribution in [3.8, 4) is 5.75 Å². The molecule has 6 heteroatoms. The van der Waals surface area contributed by atoms with Crippen LogP contribution in [0.15, 0.2) is 42.5 Å². The molecule has 1 fully saturated rings. The number of amides is 2. The Kier molecular flexibility index (Phi) is 5.53. The van der Waals surface area contributed by atoms with Crippen LogP contribution in [-0.2, 0) is 11.3 Å². The summed E-state index contributed by atoms with van der Waals surface area (Å²) in [5.74, 6) is 0.487. The van der Waals surface area contributed by atoms with Crippen molar-refractivity contribution in [2.75, 3.05) is 32.1 Å². The molecule has 3 rings (SSSR count). The molecule has 136 valence electrons. The average Bonchev–Trinajstić information content (AvgIpc) is 2.63. The highest BCUT2D eigenvalue weighted by molar-refractivity contribution is 6.05. The fourth-order valence-corrected chi connectivity index (χ4v) is 3.05. The minimum Gasteiger partial charge on any atom is -0.495 e. The Morgan fingerprint density at radius 1 is 1.27 bits per heavy atom. The van der Waals surface area contributed by atoms with Crippen molar-refractivity contribution in [2.45, 2.75) is 13.5 Å². The second-order valence-electron chi connectivity index (χ2n) is 6.37. The van der Waals surface area contributed by atoms with Crippen LogP contribution in [0, 0.1) is 6.92 Å². The first-order valence-electron chi connectivity index (χ1n) is 8.60. The number of benzene rings is 2. The quantitative estimate of drug-likeness (QED) is 0.864. The zero-order valence-corrected chi connectivity index (χ0v) is 15.0. The molecule has 0 spiro atoms. The van der Waals surface area contributed by atoms with Crippen LogP contribution in [0.1, 0.15) is 21.5 Å². The van der Waals surface area contributed by atoms with E-state index in [4.69, 9.17) is 4.74 Å². The van der Waals surface area contributed by atoms with Crippen LogP contribution in [0.5, 0.6) is 5.75 Å². The molecule has 0 atom stereocenters. The lowest BCUT2D eigenvalue weighted by atomic mass is 10.1. The number of methoxy groups -OCH3 is 1. The minimum absolute atomic E-state index is 0.0387. The fraction of sp³-hybridized carbons (Fsp3) is 0.300. The van der Waals surface area contributed by atoms with Gasteiger partial charge >= 0.3 is 0 Å². The summed E-state index contributed by atoms with van der Waals surface area (Å²) in [6.07, 6.45) is 0. The molecule has 0 saturated carbocycles. The van der Waals surface area contributed by atoms with Crippen molar-refractivity contribution in [3.05, 3.63) is 59.2 Å². The Hall–Kier alpha value is -2.86. The predicted molar refractivity (Wildman–Crippen MR) is 100 cm³/mol. The van der Waals surface area contributed by atoms with Gasteiger partial charge in [0.2, 0.25) is 5.91 Å². The number of para-hydroxylation sites is 1. The van der Waals surface area contributed by atoms with E-state index in [2.05, 4.69) is 15.5 Å².